The Hall–Kier alpha value is -1.57. The standard InChI is InChI=1S/C12H13BrN4O2/c13-9-5-15-12(16-6-9)17-10(7-18)11(19)8-2-1-3-14-4-8/h1-6,10-11,18-19H,7H2,(H,15,16,17)/t10-,11-/m0/s1. The molecule has 3 N–H and O–H groups in total. The molecule has 0 bridgehead atoms. The smallest absolute Gasteiger partial charge is 0.223 e. The number of nitrogens with one attached hydrogen (secondary N) is 1. The van der Waals surface area contributed by atoms with Crippen molar-refractivity contribution in [3.05, 3.63) is 47.0 Å². The van der Waals surface area contributed by atoms with Gasteiger partial charge < -0.3 is 15.5 Å². The second-order valence-corrected chi connectivity index (χ2v) is 4.81. The molecule has 2 atom stereocenters. The summed E-state index contributed by atoms with van der Waals surface area (Å²) in [5, 5.41) is 22.4. The van der Waals surface area contributed by atoms with Gasteiger partial charge in [-0.05, 0) is 22.0 Å². The highest BCUT2D eigenvalue weighted by atomic mass is 79.9. The van der Waals surface area contributed by atoms with Gasteiger partial charge >= 0.3 is 0 Å². The zero-order valence-corrected chi connectivity index (χ0v) is 11.5. The minimum Gasteiger partial charge on any atom is -0.394 e. The van der Waals surface area contributed by atoms with Crippen LogP contribution in [0.25, 0.3) is 0 Å². The van der Waals surface area contributed by atoms with Gasteiger partial charge in [0.2, 0.25) is 5.95 Å². The van der Waals surface area contributed by atoms with Gasteiger partial charge in [-0.1, -0.05) is 6.07 Å². The van der Waals surface area contributed by atoms with Gasteiger partial charge in [-0.3, -0.25) is 4.98 Å². The van der Waals surface area contributed by atoms with Gasteiger partial charge in [-0.2, -0.15) is 0 Å². The first kappa shape index (κ1) is 13.9. The van der Waals surface area contributed by atoms with Gasteiger partial charge in [0, 0.05) is 30.4 Å². The van der Waals surface area contributed by atoms with Crippen molar-refractivity contribution in [2.75, 3.05) is 11.9 Å². The molecular weight excluding hydrogens is 312 g/mol. The Morgan fingerprint density at radius 2 is 2.00 bits per heavy atom. The number of aliphatic hydroxyl groups is 2. The highest BCUT2D eigenvalue weighted by Gasteiger charge is 2.21. The van der Waals surface area contributed by atoms with Crippen molar-refractivity contribution in [1.82, 2.24) is 15.0 Å². The highest BCUT2D eigenvalue weighted by Crippen LogP contribution is 2.18. The molecule has 2 aromatic rings. The van der Waals surface area contributed by atoms with Crippen LogP contribution in [0.4, 0.5) is 5.95 Å². The quantitative estimate of drug-likeness (QED) is 0.764. The summed E-state index contributed by atoms with van der Waals surface area (Å²) in [6.45, 7) is -0.254. The topological polar surface area (TPSA) is 91.2 Å². The molecule has 2 rings (SSSR count). The Kier molecular flexibility index (Phi) is 4.78. The van der Waals surface area contributed by atoms with E-state index in [4.69, 9.17) is 0 Å². The third-order valence-corrected chi connectivity index (χ3v) is 2.95. The maximum Gasteiger partial charge on any atom is 0.223 e. The van der Waals surface area contributed by atoms with E-state index in [1.165, 1.54) is 0 Å². The van der Waals surface area contributed by atoms with Crippen LogP contribution in [0, 0.1) is 0 Å². The number of rotatable bonds is 5. The summed E-state index contributed by atoms with van der Waals surface area (Å²) in [6.07, 6.45) is 5.44. The summed E-state index contributed by atoms with van der Waals surface area (Å²) >= 11 is 3.23. The Bertz CT molecular complexity index is 509. The number of hydrogen-bond donors (Lipinski definition) is 3. The Morgan fingerprint density at radius 1 is 1.26 bits per heavy atom. The lowest BCUT2D eigenvalue weighted by molar-refractivity contribution is 0.118. The number of pyridine rings is 1. The minimum atomic E-state index is -0.897. The summed E-state index contributed by atoms with van der Waals surface area (Å²) in [5.41, 5.74) is 0.617. The molecule has 0 aliphatic heterocycles. The van der Waals surface area contributed by atoms with Crippen LogP contribution >= 0.6 is 15.9 Å². The molecule has 0 saturated heterocycles. The minimum absolute atomic E-state index is 0.254. The van der Waals surface area contributed by atoms with E-state index in [2.05, 4.69) is 36.2 Å². The fraction of sp³-hybridized carbons (Fsp3) is 0.250. The van der Waals surface area contributed by atoms with Gasteiger partial charge in [0.05, 0.1) is 17.1 Å². The third kappa shape index (κ3) is 3.69. The molecule has 0 aliphatic carbocycles. The van der Waals surface area contributed by atoms with Gasteiger partial charge in [0.25, 0.3) is 0 Å². The summed E-state index contributed by atoms with van der Waals surface area (Å²) in [7, 11) is 0. The lowest BCUT2D eigenvalue weighted by Crippen LogP contribution is -2.32. The van der Waals surface area contributed by atoms with E-state index in [1.807, 2.05) is 0 Å². The molecule has 0 saturated carbocycles. The Labute approximate surface area is 118 Å². The van der Waals surface area contributed by atoms with E-state index in [-0.39, 0.29) is 6.61 Å². The summed E-state index contributed by atoms with van der Waals surface area (Å²) < 4.78 is 0.756. The molecule has 6 nitrogen and oxygen atoms in total. The molecule has 0 unspecified atom stereocenters. The van der Waals surface area contributed by atoms with Crippen LogP contribution in [0.1, 0.15) is 11.7 Å². The SMILES string of the molecule is OC[C@H](Nc1ncc(Br)cn1)[C@@H](O)c1cccnc1. The van der Waals surface area contributed by atoms with Gasteiger partial charge in [-0.15, -0.1) is 0 Å². The third-order valence-electron chi connectivity index (χ3n) is 2.54. The van der Waals surface area contributed by atoms with Crippen LogP contribution in [0.3, 0.4) is 0 Å². The summed E-state index contributed by atoms with van der Waals surface area (Å²) in [5.74, 6) is 0.338. The molecule has 19 heavy (non-hydrogen) atoms. The normalized spacial score (nSPS) is 13.8. The molecule has 0 amide bonds. The maximum atomic E-state index is 10.2. The van der Waals surface area contributed by atoms with Crippen molar-refractivity contribution in [2.24, 2.45) is 0 Å². The van der Waals surface area contributed by atoms with Crippen molar-refractivity contribution >= 4 is 21.9 Å². The van der Waals surface area contributed by atoms with Crippen LogP contribution in [0.15, 0.2) is 41.4 Å². The average Bonchev–Trinajstić information content (AvgIpc) is 2.47. The zero-order valence-electron chi connectivity index (χ0n) is 9.94. The largest absolute Gasteiger partial charge is 0.394 e. The molecule has 0 aliphatic rings. The monoisotopic (exact) mass is 324 g/mol. The summed E-state index contributed by atoms with van der Waals surface area (Å²) in [4.78, 5) is 12.0. The summed E-state index contributed by atoms with van der Waals surface area (Å²) in [6, 6.07) is 2.86. The first-order valence-corrected chi connectivity index (χ1v) is 6.43. The van der Waals surface area contributed by atoms with Crippen LogP contribution in [0.2, 0.25) is 0 Å². The van der Waals surface area contributed by atoms with E-state index in [1.54, 1.807) is 36.9 Å². The lowest BCUT2D eigenvalue weighted by Gasteiger charge is -2.22. The Morgan fingerprint density at radius 3 is 2.58 bits per heavy atom. The lowest BCUT2D eigenvalue weighted by atomic mass is 10.1. The number of aliphatic hydroxyl groups excluding tert-OH is 2. The molecule has 0 spiro atoms. The van der Waals surface area contributed by atoms with E-state index in [0.29, 0.717) is 11.5 Å². The predicted molar refractivity (Wildman–Crippen MR) is 73.4 cm³/mol. The fourth-order valence-corrected chi connectivity index (χ4v) is 1.77. The molecule has 0 aromatic carbocycles. The number of aromatic nitrogens is 3. The second-order valence-electron chi connectivity index (χ2n) is 3.89. The molecule has 0 fully saturated rings. The highest BCUT2D eigenvalue weighted by molar-refractivity contribution is 9.10. The van der Waals surface area contributed by atoms with Crippen LogP contribution in [-0.4, -0.2) is 37.8 Å². The number of anilines is 1. The fourth-order valence-electron chi connectivity index (χ4n) is 1.56. The van der Waals surface area contributed by atoms with E-state index in [0.717, 1.165) is 4.47 Å². The van der Waals surface area contributed by atoms with Crippen molar-refractivity contribution in [3.63, 3.8) is 0 Å². The van der Waals surface area contributed by atoms with Gasteiger partial charge in [-0.25, -0.2) is 9.97 Å². The average molecular weight is 325 g/mol. The first-order chi connectivity index (χ1) is 9.20. The van der Waals surface area contributed by atoms with Crippen molar-refractivity contribution in [2.45, 2.75) is 12.1 Å². The Balaban J connectivity index is 2.10. The number of hydrogen-bond acceptors (Lipinski definition) is 6. The predicted octanol–water partition coefficient (Wildman–Crippen LogP) is 1.14. The number of nitrogens with zero attached hydrogens (tertiary/aromatic N) is 3. The maximum absolute atomic E-state index is 10.2. The van der Waals surface area contributed by atoms with Gasteiger partial charge in [0.15, 0.2) is 0 Å². The second kappa shape index (κ2) is 6.55. The van der Waals surface area contributed by atoms with E-state index >= 15 is 0 Å². The van der Waals surface area contributed by atoms with Gasteiger partial charge in [0.1, 0.15) is 6.10 Å². The molecule has 2 heterocycles. The van der Waals surface area contributed by atoms with Crippen LogP contribution in [-0.2, 0) is 0 Å². The van der Waals surface area contributed by atoms with E-state index in [9.17, 15) is 10.2 Å². The molecule has 100 valence electrons. The first-order valence-electron chi connectivity index (χ1n) is 5.63. The zero-order chi connectivity index (χ0) is 13.7. The van der Waals surface area contributed by atoms with Crippen molar-refractivity contribution < 1.29 is 10.2 Å². The molecule has 0 radical (unpaired) electrons. The molecular formula is C12H13BrN4O2. The van der Waals surface area contributed by atoms with Crippen molar-refractivity contribution in [3.8, 4) is 0 Å². The van der Waals surface area contributed by atoms with Crippen molar-refractivity contribution in [1.29, 1.82) is 0 Å². The van der Waals surface area contributed by atoms with E-state index < -0.39 is 12.1 Å². The number of halogens is 1. The van der Waals surface area contributed by atoms with Crippen LogP contribution < -0.4 is 5.32 Å². The molecule has 2 aromatic heterocycles. The molecule has 7 heteroatoms. The van der Waals surface area contributed by atoms with Crippen LogP contribution in [0.5, 0.6) is 0 Å².